The number of hydrogen-bond acceptors (Lipinski definition) is 2. The van der Waals surface area contributed by atoms with Gasteiger partial charge in [-0.05, 0) is 19.8 Å². The zero-order chi connectivity index (χ0) is 9.68. The Balaban J connectivity index is 2.22. The van der Waals surface area contributed by atoms with Crippen LogP contribution in [0.25, 0.3) is 0 Å². The monoisotopic (exact) mass is 205 g/mol. The Kier molecular flexibility index (Phi) is 4.53. The van der Waals surface area contributed by atoms with Crippen LogP contribution in [0.15, 0.2) is 0 Å². The van der Waals surface area contributed by atoms with Crippen LogP contribution < -0.4 is 5.32 Å². The Morgan fingerprint density at radius 3 is 3.08 bits per heavy atom. The van der Waals surface area contributed by atoms with Crippen molar-refractivity contribution in [3.63, 3.8) is 0 Å². The van der Waals surface area contributed by atoms with Gasteiger partial charge in [0.1, 0.15) is 0 Å². The summed E-state index contributed by atoms with van der Waals surface area (Å²) in [5.74, 6) is 0.391. The molecule has 1 saturated heterocycles. The van der Waals surface area contributed by atoms with E-state index in [1.807, 2.05) is 6.92 Å². The number of nitrogens with one attached hydrogen (secondary N) is 1. The molecule has 0 aromatic carbocycles. The summed E-state index contributed by atoms with van der Waals surface area (Å²) in [6.45, 7) is 2.79. The highest BCUT2D eigenvalue weighted by molar-refractivity contribution is 6.18. The van der Waals surface area contributed by atoms with E-state index in [4.69, 9.17) is 16.3 Å². The molecule has 0 spiro atoms. The van der Waals surface area contributed by atoms with Crippen molar-refractivity contribution in [1.29, 1.82) is 0 Å². The lowest BCUT2D eigenvalue weighted by Gasteiger charge is -2.19. The van der Waals surface area contributed by atoms with Gasteiger partial charge >= 0.3 is 0 Å². The summed E-state index contributed by atoms with van der Waals surface area (Å²) >= 11 is 5.45. The summed E-state index contributed by atoms with van der Waals surface area (Å²) in [7, 11) is 0. The molecule has 0 bridgehead atoms. The van der Waals surface area contributed by atoms with Crippen LogP contribution in [-0.2, 0) is 9.53 Å². The second-order valence-corrected chi connectivity index (χ2v) is 3.72. The average Bonchev–Trinajstić information content (AvgIpc) is 2.55. The molecule has 0 aromatic heterocycles. The van der Waals surface area contributed by atoms with Crippen molar-refractivity contribution in [3.8, 4) is 0 Å². The van der Waals surface area contributed by atoms with Crippen molar-refractivity contribution in [2.24, 2.45) is 0 Å². The van der Waals surface area contributed by atoms with Crippen LogP contribution >= 0.6 is 11.6 Å². The van der Waals surface area contributed by atoms with E-state index in [-0.39, 0.29) is 18.1 Å². The minimum Gasteiger partial charge on any atom is -0.376 e. The number of alkyl halides is 1. The molecule has 1 aliphatic heterocycles. The summed E-state index contributed by atoms with van der Waals surface area (Å²) in [6.07, 6.45) is 2.72. The molecule has 0 aliphatic carbocycles. The van der Waals surface area contributed by atoms with Crippen LogP contribution in [0, 0.1) is 0 Å². The van der Waals surface area contributed by atoms with Crippen molar-refractivity contribution in [2.75, 3.05) is 12.5 Å². The number of rotatable bonds is 4. The van der Waals surface area contributed by atoms with Gasteiger partial charge in [0.25, 0.3) is 0 Å². The van der Waals surface area contributed by atoms with Crippen LogP contribution in [0.4, 0.5) is 0 Å². The van der Waals surface area contributed by atoms with E-state index in [1.165, 1.54) is 0 Å². The maximum Gasteiger partial charge on any atom is 0.221 e. The Morgan fingerprint density at radius 1 is 1.77 bits per heavy atom. The van der Waals surface area contributed by atoms with E-state index in [2.05, 4.69) is 5.32 Å². The third kappa shape index (κ3) is 3.53. The standard InChI is InChI=1S/C9H16ClNO2/c1-7(8-3-2-6-13-8)11-9(12)4-5-10/h7-8H,2-6H2,1H3,(H,11,12). The van der Waals surface area contributed by atoms with Crippen LogP contribution in [-0.4, -0.2) is 30.5 Å². The van der Waals surface area contributed by atoms with Gasteiger partial charge in [0.15, 0.2) is 0 Å². The lowest BCUT2D eigenvalue weighted by atomic mass is 10.1. The second-order valence-electron chi connectivity index (χ2n) is 3.35. The van der Waals surface area contributed by atoms with E-state index in [0.29, 0.717) is 12.3 Å². The van der Waals surface area contributed by atoms with Crippen LogP contribution in [0.1, 0.15) is 26.2 Å². The molecule has 1 rings (SSSR count). The lowest BCUT2D eigenvalue weighted by molar-refractivity contribution is -0.122. The normalized spacial score (nSPS) is 24.3. The maximum absolute atomic E-state index is 11.2. The molecule has 4 heteroatoms. The van der Waals surface area contributed by atoms with Gasteiger partial charge in [-0.15, -0.1) is 11.6 Å². The third-order valence-electron chi connectivity index (χ3n) is 2.23. The third-order valence-corrected chi connectivity index (χ3v) is 2.42. The van der Waals surface area contributed by atoms with E-state index in [9.17, 15) is 4.79 Å². The molecule has 2 atom stereocenters. The summed E-state index contributed by atoms with van der Waals surface area (Å²) < 4.78 is 5.45. The molecular weight excluding hydrogens is 190 g/mol. The van der Waals surface area contributed by atoms with Gasteiger partial charge in [-0.25, -0.2) is 0 Å². The number of ether oxygens (including phenoxy) is 1. The zero-order valence-corrected chi connectivity index (χ0v) is 8.64. The molecule has 1 amide bonds. The summed E-state index contributed by atoms with van der Waals surface area (Å²) in [4.78, 5) is 11.2. The molecule has 1 fully saturated rings. The van der Waals surface area contributed by atoms with Gasteiger partial charge in [0.2, 0.25) is 5.91 Å². The molecule has 0 aromatic rings. The predicted molar refractivity (Wildman–Crippen MR) is 51.9 cm³/mol. The first-order valence-electron chi connectivity index (χ1n) is 4.71. The molecule has 13 heavy (non-hydrogen) atoms. The first-order valence-corrected chi connectivity index (χ1v) is 5.24. The highest BCUT2D eigenvalue weighted by Gasteiger charge is 2.23. The van der Waals surface area contributed by atoms with Gasteiger partial charge in [-0.2, -0.15) is 0 Å². The average molecular weight is 206 g/mol. The number of carbonyl (C=O) groups is 1. The molecule has 1 N–H and O–H groups in total. The molecular formula is C9H16ClNO2. The summed E-state index contributed by atoms with van der Waals surface area (Å²) in [6, 6.07) is 0.109. The number of halogens is 1. The summed E-state index contributed by atoms with van der Waals surface area (Å²) in [5.41, 5.74) is 0. The van der Waals surface area contributed by atoms with Crippen LogP contribution in [0.3, 0.4) is 0 Å². The fraction of sp³-hybridized carbons (Fsp3) is 0.889. The van der Waals surface area contributed by atoms with Crippen molar-refractivity contribution in [1.82, 2.24) is 5.32 Å². The Bertz CT molecular complexity index is 169. The fourth-order valence-corrected chi connectivity index (χ4v) is 1.67. The molecule has 0 radical (unpaired) electrons. The maximum atomic E-state index is 11.2. The highest BCUT2D eigenvalue weighted by atomic mass is 35.5. The van der Waals surface area contributed by atoms with Gasteiger partial charge in [0.05, 0.1) is 12.1 Å². The zero-order valence-electron chi connectivity index (χ0n) is 7.88. The smallest absolute Gasteiger partial charge is 0.221 e. The van der Waals surface area contributed by atoms with E-state index in [0.717, 1.165) is 19.4 Å². The van der Waals surface area contributed by atoms with Crippen molar-refractivity contribution < 1.29 is 9.53 Å². The fourth-order valence-electron chi connectivity index (χ4n) is 1.50. The number of amides is 1. The lowest BCUT2D eigenvalue weighted by Crippen LogP contribution is -2.40. The first-order chi connectivity index (χ1) is 6.24. The van der Waals surface area contributed by atoms with Crippen molar-refractivity contribution >= 4 is 17.5 Å². The van der Waals surface area contributed by atoms with Crippen LogP contribution in [0.5, 0.6) is 0 Å². The number of hydrogen-bond donors (Lipinski definition) is 1. The minimum absolute atomic E-state index is 0.0120. The van der Waals surface area contributed by atoms with E-state index < -0.39 is 0 Å². The Labute approximate surface area is 83.8 Å². The SMILES string of the molecule is CC(NC(=O)CCCl)C1CCCO1. The van der Waals surface area contributed by atoms with Gasteiger partial charge in [-0.3, -0.25) is 4.79 Å². The first kappa shape index (κ1) is 10.8. The molecule has 2 unspecified atom stereocenters. The van der Waals surface area contributed by atoms with Crippen LogP contribution in [0.2, 0.25) is 0 Å². The topological polar surface area (TPSA) is 38.3 Å². The molecule has 76 valence electrons. The quantitative estimate of drug-likeness (QED) is 0.703. The van der Waals surface area contributed by atoms with Gasteiger partial charge < -0.3 is 10.1 Å². The number of carbonyl (C=O) groups excluding carboxylic acids is 1. The second kappa shape index (κ2) is 5.45. The Morgan fingerprint density at radius 2 is 2.54 bits per heavy atom. The molecule has 0 saturated carbocycles. The highest BCUT2D eigenvalue weighted by Crippen LogP contribution is 2.15. The minimum atomic E-state index is 0.0120. The Hall–Kier alpha value is -0.280. The van der Waals surface area contributed by atoms with Gasteiger partial charge in [0, 0.05) is 18.9 Å². The molecule has 1 heterocycles. The van der Waals surface area contributed by atoms with E-state index in [1.54, 1.807) is 0 Å². The largest absolute Gasteiger partial charge is 0.376 e. The predicted octanol–water partition coefficient (Wildman–Crippen LogP) is 1.30. The van der Waals surface area contributed by atoms with E-state index >= 15 is 0 Å². The van der Waals surface area contributed by atoms with Crippen molar-refractivity contribution in [3.05, 3.63) is 0 Å². The van der Waals surface area contributed by atoms with Crippen molar-refractivity contribution in [2.45, 2.75) is 38.3 Å². The summed E-state index contributed by atoms with van der Waals surface area (Å²) in [5, 5.41) is 2.87. The van der Waals surface area contributed by atoms with Gasteiger partial charge in [-0.1, -0.05) is 0 Å². The molecule has 3 nitrogen and oxygen atoms in total. The molecule has 1 aliphatic rings.